The molecule has 3 rings (SSSR count). The van der Waals surface area contributed by atoms with E-state index in [2.05, 4.69) is 15.5 Å². The van der Waals surface area contributed by atoms with Crippen molar-refractivity contribution in [3.05, 3.63) is 53.1 Å². The average Bonchev–Trinajstić information content (AvgIpc) is 3.09. The molecule has 1 amide bonds. The number of benzene rings is 2. The van der Waals surface area contributed by atoms with Gasteiger partial charge in [0.2, 0.25) is 5.91 Å². The van der Waals surface area contributed by atoms with Crippen LogP contribution in [0.4, 0.5) is 17.1 Å². The number of anilines is 3. The van der Waals surface area contributed by atoms with Crippen LogP contribution in [-0.2, 0) is 4.79 Å². The fourth-order valence-corrected chi connectivity index (χ4v) is 3.14. The zero-order valence-electron chi connectivity index (χ0n) is 13.8. The van der Waals surface area contributed by atoms with E-state index in [-0.39, 0.29) is 12.5 Å². The average molecular weight is 344 g/mol. The van der Waals surface area contributed by atoms with Gasteiger partial charge in [0.1, 0.15) is 0 Å². The highest BCUT2D eigenvalue weighted by Crippen LogP contribution is 2.31. The van der Waals surface area contributed by atoms with E-state index in [0.717, 1.165) is 35.7 Å². The van der Waals surface area contributed by atoms with Gasteiger partial charge < -0.3 is 15.5 Å². The predicted octanol–water partition coefficient (Wildman–Crippen LogP) is 4.30. The van der Waals surface area contributed by atoms with Crippen molar-refractivity contribution in [3.8, 4) is 0 Å². The van der Waals surface area contributed by atoms with Gasteiger partial charge in [0.15, 0.2) is 0 Å². The summed E-state index contributed by atoms with van der Waals surface area (Å²) in [6.07, 6.45) is 2.41. The number of halogens is 1. The van der Waals surface area contributed by atoms with Gasteiger partial charge in [-0.1, -0.05) is 29.8 Å². The van der Waals surface area contributed by atoms with E-state index in [1.54, 1.807) is 0 Å². The van der Waals surface area contributed by atoms with E-state index >= 15 is 0 Å². The Morgan fingerprint density at radius 3 is 2.62 bits per heavy atom. The Kier molecular flexibility index (Phi) is 5.26. The fourth-order valence-electron chi connectivity index (χ4n) is 2.97. The second-order valence-electron chi connectivity index (χ2n) is 6.07. The Bertz CT molecular complexity index is 726. The number of carbonyl (C=O) groups excluding carboxylic acids is 1. The second-order valence-corrected chi connectivity index (χ2v) is 6.51. The maximum Gasteiger partial charge on any atom is 0.243 e. The Balaban J connectivity index is 1.66. The van der Waals surface area contributed by atoms with Crippen molar-refractivity contribution >= 4 is 34.6 Å². The van der Waals surface area contributed by atoms with Gasteiger partial charge in [-0.2, -0.15) is 0 Å². The molecule has 24 heavy (non-hydrogen) atoms. The number of aryl methyl sites for hydroxylation is 1. The van der Waals surface area contributed by atoms with Crippen molar-refractivity contribution in [1.82, 2.24) is 0 Å². The summed E-state index contributed by atoms with van der Waals surface area (Å²) in [6.45, 7) is 4.28. The van der Waals surface area contributed by atoms with Gasteiger partial charge in [-0.15, -0.1) is 0 Å². The molecule has 0 aliphatic carbocycles. The summed E-state index contributed by atoms with van der Waals surface area (Å²) in [5, 5.41) is 6.83. The van der Waals surface area contributed by atoms with E-state index in [0.29, 0.717) is 5.02 Å². The highest BCUT2D eigenvalue weighted by molar-refractivity contribution is 6.31. The molecule has 126 valence electrons. The monoisotopic (exact) mass is 343 g/mol. The van der Waals surface area contributed by atoms with E-state index in [9.17, 15) is 4.79 Å². The predicted molar refractivity (Wildman–Crippen MR) is 101 cm³/mol. The van der Waals surface area contributed by atoms with Crippen LogP contribution in [0.25, 0.3) is 0 Å². The molecule has 2 aromatic rings. The summed E-state index contributed by atoms with van der Waals surface area (Å²) >= 11 is 6.13. The summed E-state index contributed by atoms with van der Waals surface area (Å²) in [6, 6.07) is 13.6. The molecule has 0 unspecified atom stereocenters. The van der Waals surface area contributed by atoms with Crippen LogP contribution in [0.5, 0.6) is 0 Å². The van der Waals surface area contributed by atoms with Gasteiger partial charge in [0, 0.05) is 23.8 Å². The molecule has 2 aromatic carbocycles. The van der Waals surface area contributed by atoms with Crippen molar-refractivity contribution in [2.24, 2.45) is 0 Å². The lowest BCUT2D eigenvalue weighted by Crippen LogP contribution is -2.24. The molecule has 1 aliphatic rings. The molecule has 2 N–H and O–H groups in total. The van der Waals surface area contributed by atoms with Crippen molar-refractivity contribution in [2.75, 3.05) is 35.2 Å². The van der Waals surface area contributed by atoms with E-state index in [4.69, 9.17) is 11.6 Å². The summed E-state index contributed by atoms with van der Waals surface area (Å²) in [7, 11) is 0. The van der Waals surface area contributed by atoms with Crippen LogP contribution in [0, 0.1) is 6.92 Å². The topological polar surface area (TPSA) is 44.4 Å². The number of nitrogens with one attached hydrogen (secondary N) is 2. The second kappa shape index (κ2) is 7.58. The number of para-hydroxylation sites is 1. The molecule has 5 heteroatoms. The largest absolute Gasteiger partial charge is 0.374 e. The van der Waals surface area contributed by atoms with E-state index in [1.807, 2.05) is 49.4 Å². The molecule has 0 spiro atoms. The van der Waals surface area contributed by atoms with Crippen LogP contribution in [0.1, 0.15) is 18.4 Å². The smallest absolute Gasteiger partial charge is 0.243 e. The van der Waals surface area contributed by atoms with Crippen molar-refractivity contribution in [2.45, 2.75) is 19.8 Å². The molecular weight excluding hydrogens is 322 g/mol. The van der Waals surface area contributed by atoms with Gasteiger partial charge in [-0.25, -0.2) is 0 Å². The number of hydrogen-bond acceptors (Lipinski definition) is 3. The van der Waals surface area contributed by atoms with E-state index in [1.165, 1.54) is 12.8 Å². The minimum absolute atomic E-state index is 0.0725. The van der Waals surface area contributed by atoms with Gasteiger partial charge >= 0.3 is 0 Å². The molecule has 0 bridgehead atoms. The SMILES string of the molecule is Cc1ccccc1NC(=O)CNc1cc(Cl)ccc1N1CCCC1. The van der Waals surface area contributed by atoms with Crippen molar-refractivity contribution < 1.29 is 4.79 Å². The zero-order chi connectivity index (χ0) is 16.9. The lowest BCUT2D eigenvalue weighted by Gasteiger charge is -2.22. The zero-order valence-corrected chi connectivity index (χ0v) is 14.6. The van der Waals surface area contributed by atoms with Gasteiger partial charge in [-0.3, -0.25) is 4.79 Å². The molecule has 1 heterocycles. The third kappa shape index (κ3) is 4.01. The number of hydrogen-bond donors (Lipinski definition) is 2. The maximum atomic E-state index is 12.2. The first kappa shape index (κ1) is 16.7. The molecule has 0 radical (unpaired) electrons. The molecule has 1 fully saturated rings. The van der Waals surface area contributed by atoms with E-state index < -0.39 is 0 Å². The number of rotatable bonds is 5. The Morgan fingerprint density at radius 2 is 1.88 bits per heavy atom. The van der Waals surface area contributed by atoms with Gasteiger partial charge in [0.05, 0.1) is 17.9 Å². The minimum Gasteiger partial charge on any atom is -0.374 e. The molecule has 4 nitrogen and oxygen atoms in total. The van der Waals surface area contributed by atoms with Crippen LogP contribution in [-0.4, -0.2) is 25.5 Å². The van der Waals surface area contributed by atoms with Crippen LogP contribution >= 0.6 is 11.6 Å². The molecular formula is C19H22ClN3O. The van der Waals surface area contributed by atoms with Crippen molar-refractivity contribution in [1.29, 1.82) is 0 Å². The summed E-state index contributed by atoms with van der Waals surface area (Å²) in [4.78, 5) is 14.6. The molecule has 1 saturated heterocycles. The Hall–Kier alpha value is -2.20. The minimum atomic E-state index is -0.0725. The van der Waals surface area contributed by atoms with Crippen LogP contribution < -0.4 is 15.5 Å². The first-order chi connectivity index (χ1) is 11.6. The maximum absolute atomic E-state index is 12.2. The number of carbonyl (C=O) groups is 1. The third-order valence-corrected chi connectivity index (χ3v) is 4.50. The van der Waals surface area contributed by atoms with Crippen LogP contribution in [0.15, 0.2) is 42.5 Å². The Labute approximate surface area is 147 Å². The number of amides is 1. The third-order valence-electron chi connectivity index (χ3n) is 4.26. The molecule has 0 saturated carbocycles. The molecule has 1 aliphatic heterocycles. The van der Waals surface area contributed by atoms with Gasteiger partial charge in [-0.05, 0) is 49.6 Å². The summed E-state index contributed by atoms with van der Waals surface area (Å²) in [5.41, 5.74) is 3.91. The van der Waals surface area contributed by atoms with Gasteiger partial charge in [0.25, 0.3) is 0 Å². The fraction of sp³-hybridized carbons (Fsp3) is 0.316. The first-order valence-electron chi connectivity index (χ1n) is 8.27. The first-order valence-corrected chi connectivity index (χ1v) is 8.65. The lowest BCUT2D eigenvalue weighted by molar-refractivity contribution is -0.114. The van der Waals surface area contributed by atoms with Crippen LogP contribution in [0.3, 0.4) is 0 Å². The molecule has 0 aromatic heterocycles. The van der Waals surface area contributed by atoms with Crippen LogP contribution in [0.2, 0.25) is 5.02 Å². The quantitative estimate of drug-likeness (QED) is 0.850. The summed E-state index contributed by atoms with van der Waals surface area (Å²) < 4.78 is 0. The number of nitrogens with zero attached hydrogens (tertiary/aromatic N) is 1. The summed E-state index contributed by atoms with van der Waals surface area (Å²) in [5.74, 6) is -0.0725. The lowest BCUT2D eigenvalue weighted by atomic mass is 10.2. The highest BCUT2D eigenvalue weighted by atomic mass is 35.5. The highest BCUT2D eigenvalue weighted by Gasteiger charge is 2.16. The van der Waals surface area contributed by atoms with Crippen molar-refractivity contribution in [3.63, 3.8) is 0 Å². The normalized spacial score (nSPS) is 13.8. The standard InChI is InChI=1S/C19H22ClN3O/c1-14-6-2-3-7-16(14)22-19(24)13-21-17-12-15(20)8-9-18(17)23-10-4-5-11-23/h2-3,6-9,12,21H,4-5,10-11,13H2,1H3,(H,22,24). The Morgan fingerprint density at radius 1 is 1.12 bits per heavy atom. The molecule has 0 atom stereocenters.